The van der Waals surface area contributed by atoms with Crippen molar-refractivity contribution in [1.82, 2.24) is 4.90 Å². The number of hydrogen-bond donors (Lipinski definition) is 0. The molecule has 0 aliphatic heterocycles. The molecule has 0 radical (unpaired) electrons. The molecule has 0 aromatic heterocycles. The second-order valence-electron chi connectivity index (χ2n) is 6.63. The third kappa shape index (κ3) is 4.35. The maximum Gasteiger partial charge on any atom is 0.414 e. The lowest BCUT2D eigenvalue weighted by molar-refractivity contribution is 0.0295. The number of allylic oxidation sites excluding steroid dienone is 2. The van der Waals surface area contributed by atoms with Crippen LogP contribution in [-0.4, -0.2) is 16.6 Å². The van der Waals surface area contributed by atoms with Gasteiger partial charge in [0.2, 0.25) is 0 Å². The van der Waals surface area contributed by atoms with E-state index in [4.69, 9.17) is 4.74 Å². The number of nitrogens with zero attached hydrogens (tertiary/aromatic N) is 1. The summed E-state index contributed by atoms with van der Waals surface area (Å²) in [5, 5.41) is 0. The molecule has 0 bridgehead atoms. The number of carbonyl (C=O) groups excluding carboxylic acids is 1. The topological polar surface area (TPSA) is 29.5 Å². The Morgan fingerprint density at radius 1 is 1.19 bits per heavy atom. The number of ether oxygens (including phenoxy) is 1. The molecule has 1 aliphatic carbocycles. The van der Waals surface area contributed by atoms with E-state index in [2.05, 4.69) is 6.92 Å². The van der Waals surface area contributed by atoms with Gasteiger partial charge in [0.1, 0.15) is 5.60 Å². The summed E-state index contributed by atoms with van der Waals surface area (Å²) in [6.07, 6.45) is 2.90. The standard InChI is InChI=1S/C18H25NO2/c1-14-9-8-12-16(14)19(17(20)21-18(2,3)4)13-15-10-6-5-7-11-15/h5-7,10-11H,8-9,12-13H2,1-4H3. The fraction of sp³-hybridized carbons (Fsp3) is 0.500. The Labute approximate surface area is 127 Å². The van der Waals surface area contributed by atoms with Gasteiger partial charge in [0.25, 0.3) is 0 Å². The normalized spacial score (nSPS) is 15.2. The predicted octanol–water partition coefficient (Wildman–Crippen LogP) is 4.88. The highest BCUT2D eigenvalue weighted by molar-refractivity contribution is 5.71. The van der Waals surface area contributed by atoms with E-state index in [0.29, 0.717) is 6.54 Å². The summed E-state index contributed by atoms with van der Waals surface area (Å²) in [5.74, 6) is 0. The fourth-order valence-electron chi connectivity index (χ4n) is 2.60. The largest absolute Gasteiger partial charge is 0.443 e. The Balaban J connectivity index is 2.22. The third-order valence-corrected chi connectivity index (χ3v) is 3.58. The van der Waals surface area contributed by atoms with Gasteiger partial charge in [0, 0.05) is 5.70 Å². The zero-order chi connectivity index (χ0) is 15.5. The Bertz CT molecular complexity index is 526. The molecular weight excluding hydrogens is 262 g/mol. The Morgan fingerprint density at radius 2 is 1.86 bits per heavy atom. The molecule has 1 amide bonds. The van der Waals surface area contributed by atoms with Gasteiger partial charge in [0.15, 0.2) is 0 Å². The summed E-state index contributed by atoms with van der Waals surface area (Å²) >= 11 is 0. The van der Waals surface area contributed by atoms with Crippen LogP contribution in [0.2, 0.25) is 0 Å². The van der Waals surface area contributed by atoms with E-state index >= 15 is 0 Å². The summed E-state index contributed by atoms with van der Waals surface area (Å²) < 4.78 is 5.59. The van der Waals surface area contributed by atoms with E-state index in [1.807, 2.05) is 56.0 Å². The highest BCUT2D eigenvalue weighted by Gasteiger charge is 2.27. The lowest BCUT2D eigenvalue weighted by atomic mass is 10.2. The van der Waals surface area contributed by atoms with Crippen LogP contribution in [0.5, 0.6) is 0 Å². The number of hydrogen-bond acceptors (Lipinski definition) is 2. The molecule has 0 fully saturated rings. The average Bonchev–Trinajstić information content (AvgIpc) is 2.81. The molecule has 3 nitrogen and oxygen atoms in total. The van der Waals surface area contributed by atoms with Crippen molar-refractivity contribution in [1.29, 1.82) is 0 Å². The van der Waals surface area contributed by atoms with E-state index in [1.54, 1.807) is 0 Å². The van der Waals surface area contributed by atoms with E-state index < -0.39 is 5.60 Å². The number of carbonyl (C=O) groups is 1. The zero-order valence-corrected chi connectivity index (χ0v) is 13.5. The second-order valence-corrected chi connectivity index (χ2v) is 6.63. The molecule has 0 atom stereocenters. The highest BCUT2D eigenvalue weighted by Crippen LogP contribution is 2.30. The van der Waals surface area contributed by atoms with Crippen molar-refractivity contribution in [2.45, 2.75) is 59.1 Å². The van der Waals surface area contributed by atoms with Gasteiger partial charge in [-0.05, 0) is 52.5 Å². The molecule has 0 saturated heterocycles. The van der Waals surface area contributed by atoms with Crippen LogP contribution >= 0.6 is 0 Å². The van der Waals surface area contributed by atoms with Crippen molar-refractivity contribution in [3.8, 4) is 0 Å². The minimum absolute atomic E-state index is 0.248. The Morgan fingerprint density at radius 3 is 2.38 bits per heavy atom. The van der Waals surface area contributed by atoms with Crippen LogP contribution in [0.25, 0.3) is 0 Å². The summed E-state index contributed by atoms with van der Waals surface area (Å²) in [7, 11) is 0. The molecule has 0 saturated carbocycles. The Hall–Kier alpha value is -1.77. The molecule has 2 rings (SSSR count). The first-order chi connectivity index (χ1) is 9.87. The van der Waals surface area contributed by atoms with Crippen molar-refractivity contribution in [2.75, 3.05) is 0 Å². The monoisotopic (exact) mass is 287 g/mol. The van der Waals surface area contributed by atoms with Gasteiger partial charge in [-0.15, -0.1) is 0 Å². The maximum absolute atomic E-state index is 12.6. The van der Waals surface area contributed by atoms with Gasteiger partial charge in [-0.1, -0.05) is 35.9 Å². The molecule has 0 unspecified atom stereocenters. The molecule has 0 N–H and O–H groups in total. The number of benzene rings is 1. The van der Waals surface area contributed by atoms with E-state index in [9.17, 15) is 4.79 Å². The van der Waals surface area contributed by atoms with Gasteiger partial charge >= 0.3 is 6.09 Å². The van der Waals surface area contributed by atoms with Gasteiger partial charge in [0.05, 0.1) is 6.54 Å². The Kier molecular flexibility index (Phi) is 4.71. The molecule has 0 heterocycles. The highest BCUT2D eigenvalue weighted by atomic mass is 16.6. The van der Waals surface area contributed by atoms with Crippen molar-refractivity contribution in [3.05, 3.63) is 47.2 Å². The molecule has 1 aromatic carbocycles. The molecule has 1 aliphatic rings. The van der Waals surface area contributed by atoms with E-state index in [0.717, 1.165) is 30.5 Å². The first kappa shape index (κ1) is 15.6. The van der Waals surface area contributed by atoms with E-state index in [-0.39, 0.29) is 6.09 Å². The fourth-order valence-corrected chi connectivity index (χ4v) is 2.60. The zero-order valence-electron chi connectivity index (χ0n) is 13.5. The van der Waals surface area contributed by atoms with Gasteiger partial charge in [-0.3, -0.25) is 4.90 Å². The molecular formula is C18H25NO2. The SMILES string of the molecule is CC1=C(N(Cc2ccccc2)C(=O)OC(C)(C)C)CCC1. The summed E-state index contributed by atoms with van der Waals surface area (Å²) in [4.78, 5) is 14.4. The lowest BCUT2D eigenvalue weighted by Gasteiger charge is -2.29. The van der Waals surface area contributed by atoms with Crippen LogP contribution in [0.3, 0.4) is 0 Å². The van der Waals surface area contributed by atoms with Crippen LogP contribution in [0.15, 0.2) is 41.6 Å². The van der Waals surface area contributed by atoms with Gasteiger partial charge in [-0.2, -0.15) is 0 Å². The van der Waals surface area contributed by atoms with Crippen LogP contribution in [0.4, 0.5) is 4.79 Å². The number of rotatable bonds is 3. The predicted molar refractivity (Wildman–Crippen MR) is 84.8 cm³/mol. The average molecular weight is 287 g/mol. The smallest absolute Gasteiger partial charge is 0.414 e. The molecule has 0 spiro atoms. The quantitative estimate of drug-likeness (QED) is 0.792. The maximum atomic E-state index is 12.6. The van der Waals surface area contributed by atoms with Crippen molar-refractivity contribution < 1.29 is 9.53 Å². The summed E-state index contributed by atoms with van der Waals surface area (Å²) in [6.45, 7) is 8.40. The summed E-state index contributed by atoms with van der Waals surface area (Å²) in [5.41, 5.74) is 3.08. The van der Waals surface area contributed by atoms with E-state index in [1.165, 1.54) is 5.57 Å². The van der Waals surface area contributed by atoms with Crippen LogP contribution in [0, 0.1) is 0 Å². The second kappa shape index (κ2) is 6.33. The minimum Gasteiger partial charge on any atom is -0.443 e. The van der Waals surface area contributed by atoms with Crippen LogP contribution in [-0.2, 0) is 11.3 Å². The van der Waals surface area contributed by atoms with Gasteiger partial charge in [-0.25, -0.2) is 4.79 Å². The minimum atomic E-state index is -0.473. The number of amides is 1. The lowest BCUT2D eigenvalue weighted by Crippen LogP contribution is -2.36. The van der Waals surface area contributed by atoms with Gasteiger partial charge < -0.3 is 4.74 Å². The molecule has 114 valence electrons. The first-order valence-electron chi connectivity index (χ1n) is 7.60. The molecule has 3 heteroatoms. The van der Waals surface area contributed by atoms with Crippen molar-refractivity contribution >= 4 is 6.09 Å². The first-order valence-corrected chi connectivity index (χ1v) is 7.60. The van der Waals surface area contributed by atoms with Crippen LogP contribution < -0.4 is 0 Å². The van der Waals surface area contributed by atoms with Crippen molar-refractivity contribution in [3.63, 3.8) is 0 Å². The van der Waals surface area contributed by atoms with Crippen molar-refractivity contribution in [2.24, 2.45) is 0 Å². The molecule has 1 aromatic rings. The summed E-state index contributed by atoms with van der Waals surface area (Å²) in [6, 6.07) is 10.1. The molecule has 21 heavy (non-hydrogen) atoms. The third-order valence-electron chi connectivity index (χ3n) is 3.58. The van der Waals surface area contributed by atoms with Crippen LogP contribution in [0.1, 0.15) is 52.5 Å².